The Balaban J connectivity index is 1.35. The zero-order chi connectivity index (χ0) is 25.8. The van der Waals surface area contributed by atoms with Crippen molar-refractivity contribution < 1.29 is 13.9 Å². The predicted molar refractivity (Wildman–Crippen MR) is 144 cm³/mol. The van der Waals surface area contributed by atoms with Gasteiger partial charge in [0.15, 0.2) is 0 Å². The standard InChI is InChI=1S/C29H34FN5O2/c1-3-37-28-20(2)27(35(33-28)24-12-8-5-9-13-24)32-29(36)31-26-19-34(23-16-14-22(30)15-17-23)18-25(26)21-10-6-4-7-11-21/h4-12,14-16,23-26H,3,13,17-19H2,1-2H3,(H2,31,32,36)/t23?,24?,25-,26+/m0/s1. The maximum Gasteiger partial charge on any atom is 0.320 e. The second-order valence-electron chi connectivity index (χ2n) is 9.70. The molecule has 2 N–H and O–H groups in total. The first-order valence-electron chi connectivity index (χ1n) is 13.0. The minimum Gasteiger partial charge on any atom is -0.477 e. The Morgan fingerprint density at radius 2 is 1.97 bits per heavy atom. The number of nitrogens with zero attached hydrogens (tertiary/aromatic N) is 3. The number of urea groups is 1. The van der Waals surface area contributed by atoms with Crippen molar-refractivity contribution in [1.29, 1.82) is 0 Å². The third kappa shape index (κ3) is 5.54. The van der Waals surface area contributed by atoms with E-state index in [0.29, 0.717) is 31.3 Å². The number of hydrogen-bond acceptors (Lipinski definition) is 4. The van der Waals surface area contributed by atoms with E-state index in [1.54, 1.807) is 6.08 Å². The Labute approximate surface area is 217 Å². The minimum atomic E-state index is -0.277. The topological polar surface area (TPSA) is 71.4 Å². The van der Waals surface area contributed by atoms with Crippen LogP contribution in [0.5, 0.6) is 5.88 Å². The van der Waals surface area contributed by atoms with Gasteiger partial charge in [0.2, 0.25) is 5.88 Å². The van der Waals surface area contributed by atoms with Crippen LogP contribution in [0.2, 0.25) is 0 Å². The van der Waals surface area contributed by atoms with Crippen molar-refractivity contribution >= 4 is 11.8 Å². The molecule has 8 heteroatoms. The van der Waals surface area contributed by atoms with Crippen molar-refractivity contribution in [2.75, 3.05) is 25.0 Å². The summed E-state index contributed by atoms with van der Waals surface area (Å²) >= 11 is 0. The second kappa shape index (κ2) is 11.2. The lowest BCUT2D eigenvalue weighted by molar-refractivity contribution is 0.244. The Bertz CT molecular complexity index is 1230. The molecule has 1 fully saturated rings. The molecule has 3 aliphatic rings. The number of hydrogen-bond donors (Lipinski definition) is 2. The summed E-state index contributed by atoms with van der Waals surface area (Å²) in [4.78, 5) is 15.7. The van der Waals surface area contributed by atoms with Crippen molar-refractivity contribution in [3.8, 4) is 5.88 Å². The molecule has 0 saturated carbocycles. The van der Waals surface area contributed by atoms with Crippen LogP contribution in [0.3, 0.4) is 0 Å². The average Bonchev–Trinajstić information content (AvgIpc) is 3.47. The Hall–Kier alpha value is -3.65. The van der Waals surface area contributed by atoms with E-state index in [1.807, 2.05) is 55.0 Å². The summed E-state index contributed by atoms with van der Waals surface area (Å²) in [6, 6.07) is 9.99. The highest BCUT2D eigenvalue weighted by atomic mass is 19.1. The number of ether oxygens (including phenoxy) is 1. The summed E-state index contributed by atoms with van der Waals surface area (Å²) in [5.41, 5.74) is 1.98. The average molecular weight is 504 g/mol. The van der Waals surface area contributed by atoms with Crippen molar-refractivity contribution in [3.05, 3.63) is 89.8 Å². The first-order chi connectivity index (χ1) is 18.0. The van der Waals surface area contributed by atoms with Crippen molar-refractivity contribution in [2.45, 2.75) is 50.7 Å². The number of aromatic nitrogens is 2. The lowest BCUT2D eigenvalue weighted by Gasteiger charge is -2.25. The van der Waals surface area contributed by atoms with Gasteiger partial charge in [0.25, 0.3) is 0 Å². The molecule has 1 aliphatic heterocycles. The number of likely N-dealkylation sites (tertiary alicyclic amines) is 1. The van der Waals surface area contributed by atoms with Crippen LogP contribution in [-0.4, -0.2) is 52.5 Å². The van der Waals surface area contributed by atoms with Crippen LogP contribution in [0.4, 0.5) is 15.0 Å². The van der Waals surface area contributed by atoms with Gasteiger partial charge in [-0.15, -0.1) is 5.10 Å². The molecule has 194 valence electrons. The van der Waals surface area contributed by atoms with Crippen LogP contribution in [0, 0.1) is 6.92 Å². The highest BCUT2D eigenvalue weighted by Crippen LogP contribution is 2.33. The summed E-state index contributed by atoms with van der Waals surface area (Å²) in [7, 11) is 0. The van der Waals surface area contributed by atoms with E-state index in [2.05, 4.69) is 44.9 Å². The van der Waals surface area contributed by atoms with Gasteiger partial charge in [0, 0.05) is 25.0 Å². The van der Waals surface area contributed by atoms with Gasteiger partial charge in [-0.05, 0) is 44.4 Å². The molecule has 37 heavy (non-hydrogen) atoms. The van der Waals surface area contributed by atoms with Crippen molar-refractivity contribution in [2.24, 2.45) is 0 Å². The molecule has 0 bridgehead atoms. The maximum atomic E-state index is 13.6. The van der Waals surface area contributed by atoms with E-state index in [1.165, 1.54) is 11.6 Å². The number of carbonyl (C=O) groups excluding carboxylic acids is 1. The van der Waals surface area contributed by atoms with Crippen LogP contribution < -0.4 is 15.4 Å². The fraction of sp³-hybridized carbons (Fsp3) is 0.379. The van der Waals surface area contributed by atoms with Gasteiger partial charge in [0.1, 0.15) is 11.6 Å². The van der Waals surface area contributed by atoms with Crippen LogP contribution in [0.1, 0.15) is 42.9 Å². The highest BCUT2D eigenvalue weighted by molar-refractivity contribution is 5.89. The molecule has 2 aliphatic carbocycles. The molecule has 2 heterocycles. The Morgan fingerprint density at radius 1 is 1.14 bits per heavy atom. The summed E-state index contributed by atoms with van der Waals surface area (Å²) in [5.74, 6) is 1.09. The van der Waals surface area contributed by atoms with Gasteiger partial charge in [-0.1, -0.05) is 60.7 Å². The molecule has 1 aromatic carbocycles. The number of amides is 2. The van der Waals surface area contributed by atoms with Crippen LogP contribution in [0.15, 0.2) is 78.7 Å². The van der Waals surface area contributed by atoms with E-state index in [-0.39, 0.29) is 35.9 Å². The molecule has 2 unspecified atom stereocenters. The molecule has 2 aromatic rings. The molecule has 4 atom stereocenters. The summed E-state index contributed by atoms with van der Waals surface area (Å²) in [5, 5.41) is 11.0. The van der Waals surface area contributed by atoms with Gasteiger partial charge in [-0.2, -0.15) is 0 Å². The minimum absolute atomic E-state index is 0.00113. The zero-order valence-electron chi connectivity index (χ0n) is 21.3. The van der Waals surface area contributed by atoms with Gasteiger partial charge in [0.05, 0.1) is 24.3 Å². The fourth-order valence-electron chi connectivity index (χ4n) is 5.36. The Kier molecular flexibility index (Phi) is 7.55. The van der Waals surface area contributed by atoms with E-state index in [4.69, 9.17) is 4.74 Å². The molecular weight excluding hydrogens is 469 g/mol. The van der Waals surface area contributed by atoms with Gasteiger partial charge >= 0.3 is 6.03 Å². The van der Waals surface area contributed by atoms with Crippen LogP contribution in [-0.2, 0) is 0 Å². The lowest BCUT2D eigenvalue weighted by Crippen LogP contribution is -2.43. The van der Waals surface area contributed by atoms with Gasteiger partial charge in [-0.3, -0.25) is 10.2 Å². The first-order valence-corrected chi connectivity index (χ1v) is 13.0. The number of allylic oxidation sites excluding steroid dienone is 6. The summed E-state index contributed by atoms with van der Waals surface area (Å²) < 4.78 is 21.1. The van der Waals surface area contributed by atoms with E-state index in [9.17, 15) is 9.18 Å². The van der Waals surface area contributed by atoms with Gasteiger partial charge in [-0.25, -0.2) is 13.9 Å². The Morgan fingerprint density at radius 3 is 2.68 bits per heavy atom. The quantitative estimate of drug-likeness (QED) is 0.529. The van der Waals surface area contributed by atoms with Gasteiger partial charge < -0.3 is 10.1 Å². The molecular formula is C29H34FN5O2. The molecule has 2 amide bonds. The molecule has 5 rings (SSSR count). The monoisotopic (exact) mass is 503 g/mol. The normalized spacial score (nSPS) is 25.2. The molecule has 0 spiro atoms. The second-order valence-corrected chi connectivity index (χ2v) is 9.70. The fourth-order valence-corrected chi connectivity index (χ4v) is 5.36. The van der Waals surface area contributed by atoms with Crippen LogP contribution >= 0.6 is 0 Å². The molecule has 1 aromatic heterocycles. The third-order valence-electron chi connectivity index (χ3n) is 7.28. The number of nitrogens with one attached hydrogen (secondary N) is 2. The van der Waals surface area contributed by atoms with E-state index >= 15 is 0 Å². The summed E-state index contributed by atoms with van der Waals surface area (Å²) in [6.45, 7) is 5.79. The SMILES string of the molecule is CCOc1nn(C2C=CC=CC2)c(NC(=O)N[C@@H]2CN(C3C=CC(F)=CC3)C[C@H]2c2ccccc2)c1C. The van der Waals surface area contributed by atoms with Crippen molar-refractivity contribution in [1.82, 2.24) is 20.0 Å². The first kappa shape index (κ1) is 25.0. The molecule has 0 radical (unpaired) electrons. The van der Waals surface area contributed by atoms with Crippen molar-refractivity contribution in [3.63, 3.8) is 0 Å². The summed E-state index contributed by atoms with van der Waals surface area (Å²) in [6.07, 6.45) is 14.7. The number of anilines is 1. The highest BCUT2D eigenvalue weighted by Gasteiger charge is 2.37. The molecule has 1 saturated heterocycles. The largest absolute Gasteiger partial charge is 0.477 e. The number of carbonyl (C=O) groups is 1. The van der Waals surface area contributed by atoms with E-state index in [0.717, 1.165) is 18.5 Å². The third-order valence-corrected chi connectivity index (χ3v) is 7.28. The van der Waals surface area contributed by atoms with Crippen LogP contribution in [0.25, 0.3) is 0 Å². The maximum absolute atomic E-state index is 13.6. The molecule has 7 nitrogen and oxygen atoms in total. The number of halogens is 1. The number of rotatable bonds is 7. The smallest absolute Gasteiger partial charge is 0.320 e. The lowest BCUT2D eigenvalue weighted by atomic mass is 9.94. The van der Waals surface area contributed by atoms with E-state index < -0.39 is 0 Å². The zero-order valence-corrected chi connectivity index (χ0v) is 21.3. The predicted octanol–water partition coefficient (Wildman–Crippen LogP) is 5.42. The number of benzene rings is 1.